The molecule has 0 aromatic heterocycles. The van der Waals surface area contributed by atoms with E-state index in [0.717, 1.165) is 23.1 Å². The summed E-state index contributed by atoms with van der Waals surface area (Å²) in [5.41, 5.74) is 3.42. The van der Waals surface area contributed by atoms with Crippen molar-refractivity contribution >= 4 is 17.8 Å². The average Bonchev–Trinajstić information content (AvgIpc) is 2.77. The summed E-state index contributed by atoms with van der Waals surface area (Å²) in [7, 11) is 0. The van der Waals surface area contributed by atoms with Gasteiger partial charge in [-0.15, -0.1) is 0 Å². The number of carbonyl (C=O) groups is 3. The first-order valence-electron chi connectivity index (χ1n) is 10.7. The number of carboxylic acids is 1. The van der Waals surface area contributed by atoms with Gasteiger partial charge in [-0.05, 0) is 42.9 Å². The van der Waals surface area contributed by atoms with Crippen molar-refractivity contribution in [3.63, 3.8) is 0 Å². The second-order valence-corrected chi connectivity index (χ2v) is 7.65. The Morgan fingerprint density at radius 2 is 1.61 bits per heavy atom. The third-order valence-corrected chi connectivity index (χ3v) is 5.10. The second-order valence-electron chi connectivity index (χ2n) is 7.65. The number of carboxylic acid groups (broad SMARTS) is 1. The molecule has 2 rings (SSSR count). The van der Waals surface area contributed by atoms with Crippen LogP contribution < -0.4 is 5.32 Å². The highest BCUT2D eigenvalue weighted by molar-refractivity contribution is 5.81. The van der Waals surface area contributed by atoms with Crippen molar-refractivity contribution in [3.05, 3.63) is 60.2 Å². The monoisotopic (exact) mass is 425 g/mol. The van der Waals surface area contributed by atoms with Gasteiger partial charge in [0.1, 0.15) is 0 Å². The van der Waals surface area contributed by atoms with Gasteiger partial charge >= 0.3 is 11.9 Å². The van der Waals surface area contributed by atoms with Crippen molar-refractivity contribution in [2.75, 3.05) is 6.61 Å². The predicted molar refractivity (Wildman–Crippen MR) is 119 cm³/mol. The maximum atomic E-state index is 12.2. The van der Waals surface area contributed by atoms with Crippen molar-refractivity contribution in [1.82, 2.24) is 5.32 Å². The highest BCUT2D eigenvalue weighted by Gasteiger charge is 2.21. The quantitative estimate of drug-likeness (QED) is 0.497. The van der Waals surface area contributed by atoms with Crippen LogP contribution in [0.4, 0.5) is 0 Å². The third-order valence-electron chi connectivity index (χ3n) is 5.10. The maximum absolute atomic E-state index is 12.2. The number of benzene rings is 2. The second kappa shape index (κ2) is 12.5. The molecule has 2 atom stereocenters. The van der Waals surface area contributed by atoms with Gasteiger partial charge in [0.25, 0.3) is 0 Å². The molecule has 0 fully saturated rings. The lowest BCUT2D eigenvalue weighted by atomic mass is 9.95. The minimum absolute atomic E-state index is 0.0780. The number of esters is 1. The molecule has 6 nitrogen and oxygen atoms in total. The molecule has 0 aliphatic rings. The van der Waals surface area contributed by atoms with Crippen LogP contribution in [0.1, 0.15) is 45.1 Å². The molecule has 31 heavy (non-hydrogen) atoms. The van der Waals surface area contributed by atoms with Crippen LogP contribution in [0.5, 0.6) is 0 Å². The lowest BCUT2D eigenvalue weighted by molar-refractivity contribution is -0.148. The van der Waals surface area contributed by atoms with Crippen molar-refractivity contribution < 1.29 is 24.2 Å². The van der Waals surface area contributed by atoms with Gasteiger partial charge in [0, 0.05) is 12.5 Å². The SMILES string of the molecule is CCOC(=O)C(C)CC(CCc1ccc(-c2ccccc2)cc1)NC(=O)CCC(=O)O. The summed E-state index contributed by atoms with van der Waals surface area (Å²) in [6.45, 7) is 3.85. The molecule has 0 heterocycles. The Morgan fingerprint density at radius 1 is 0.968 bits per heavy atom. The fraction of sp³-hybridized carbons (Fsp3) is 0.400. The number of carbonyl (C=O) groups excluding carboxylic acids is 2. The molecule has 2 unspecified atom stereocenters. The van der Waals surface area contributed by atoms with Gasteiger partial charge in [-0.25, -0.2) is 0 Å². The Morgan fingerprint density at radius 3 is 2.23 bits per heavy atom. The molecule has 6 heteroatoms. The van der Waals surface area contributed by atoms with Crippen molar-refractivity contribution in [2.24, 2.45) is 5.92 Å². The van der Waals surface area contributed by atoms with Crippen molar-refractivity contribution in [1.29, 1.82) is 0 Å². The number of aryl methyl sites for hydroxylation is 1. The van der Waals surface area contributed by atoms with Crippen LogP contribution in [0, 0.1) is 5.92 Å². The zero-order chi connectivity index (χ0) is 22.6. The molecule has 0 aliphatic carbocycles. The lowest BCUT2D eigenvalue weighted by Gasteiger charge is -2.22. The molecule has 0 aliphatic heterocycles. The summed E-state index contributed by atoms with van der Waals surface area (Å²) in [6.07, 6.45) is 1.53. The number of amides is 1. The average molecular weight is 426 g/mol. The molecule has 166 valence electrons. The third kappa shape index (κ3) is 8.62. The molecular formula is C25H31NO5. The van der Waals surface area contributed by atoms with Gasteiger partial charge in [-0.2, -0.15) is 0 Å². The van der Waals surface area contributed by atoms with Gasteiger partial charge in [-0.3, -0.25) is 14.4 Å². The Bertz CT molecular complexity index is 848. The Kier molecular flexibility index (Phi) is 9.75. The largest absolute Gasteiger partial charge is 0.481 e. The molecule has 2 aromatic carbocycles. The topological polar surface area (TPSA) is 92.7 Å². The van der Waals surface area contributed by atoms with E-state index in [1.54, 1.807) is 13.8 Å². The Balaban J connectivity index is 1.99. The van der Waals surface area contributed by atoms with Crippen LogP contribution in [0.25, 0.3) is 11.1 Å². The van der Waals surface area contributed by atoms with Crippen LogP contribution >= 0.6 is 0 Å². The van der Waals surface area contributed by atoms with Gasteiger partial charge in [0.15, 0.2) is 0 Å². The summed E-state index contributed by atoms with van der Waals surface area (Å²) in [5.74, 6) is -1.97. The zero-order valence-electron chi connectivity index (χ0n) is 18.2. The summed E-state index contributed by atoms with van der Waals surface area (Å²) in [4.78, 5) is 34.9. The van der Waals surface area contributed by atoms with E-state index in [2.05, 4.69) is 41.7 Å². The number of nitrogens with one attached hydrogen (secondary N) is 1. The molecule has 2 aromatic rings. The lowest BCUT2D eigenvalue weighted by Crippen LogP contribution is -2.37. The van der Waals surface area contributed by atoms with E-state index in [4.69, 9.17) is 9.84 Å². The normalized spacial score (nSPS) is 12.6. The van der Waals surface area contributed by atoms with Gasteiger partial charge in [0.2, 0.25) is 5.91 Å². The van der Waals surface area contributed by atoms with E-state index < -0.39 is 5.97 Å². The van der Waals surface area contributed by atoms with E-state index in [0.29, 0.717) is 19.4 Å². The van der Waals surface area contributed by atoms with Crippen LogP contribution in [0.3, 0.4) is 0 Å². The molecule has 0 bridgehead atoms. The standard InChI is InChI=1S/C25H31NO5/c1-3-31-25(30)18(2)17-22(26-23(27)15-16-24(28)29)14-11-19-9-12-21(13-10-19)20-7-5-4-6-8-20/h4-10,12-13,18,22H,3,11,14-17H2,1-2H3,(H,26,27)(H,28,29). The number of hydrogen-bond donors (Lipinski definition) is 2. The molecular weight excluding hydrogens is 394 g/mol. The minimum Gasteiger partial charge on any atom is -0.481 e. The van der Waals surface area contributed by atoms with E-state index in [1.807, 2.05) is 18.2 Å². The van der Waals surface area contributed by atoms with Crippen LogP contribution in [-0.4, -0.2) is 35.6 Å². The van der Waals surface area contributed by atoms with E-state index in [9.17, 15) is 14.4 Å². The molecule has 0 saturated heterocycles. The number of hydrogen-bond acceptors (Lipinski definition) is 4. The minimum atomic E-state index is -1.01. The number of rotatable bonds is 12. The first-order chi connectivity index (χ1) is 14.9. The maximum Gasteiger partial charge on any atom is 0.308 e. The molecule has 0 saturated carbocycles. The summed E-state index contributed by atoms with van der Waals surface area (Å²) in [5, 5.41) is 11.7. The predicted octanol–water partition coefficient (Wildman–Crippen LogP) is 4.23. The van der Waals surface area contributed by atoms with Crippen LogP contribution in [-0.2, 0) is 25.5 Å². The highest BCUT2D eigenvalue weighted by Crippen LogP contribution is 2.21. The summed E-state index contributed by atoms with van der Waals surface area (Å²) < 4.78 is 5.08. The van der Waals surface area contributed by atoms with E-state index in [-0.39, 0.29) is 36.7 Å². The Labute approximate surface area is 183 Å². The van der Waals surface area contributed by atoms with E-state index in [1.165, 1.54) is 0 Å². The molecule has 2 N–H and O–H groups in total. The fourth-order valence-electron chi connectivity index (χ4n) is 3.41. The fourth-order valence-corrected chi connectivity index (χ4v) is 3.41. The van der Waals surface area contributed by atoms with Crippen molar-refractivity contribution in [3.8, 4) is 11.1 Å². The highest BCUT2D eigenvalue weighted by atomic mass is 16.5. The smallest absolute Gasteiger partial charge is 0.308 e. The summed E-state index contributed by atoms with van der Waals surface area (Å²) >= 11 is 0. The molecule has 0 radical (unpaired) electrons. The van der Waals surface area contributed by atoms with Crippen LogP contribution in [0.2, 0.25) is 0 Å². The first-order valence-corrected chi connectivity index (χ1v) is 10.7. The number of aliphatic carboxylic acids is 1. The zero-order valence-corrected chi connectivity index (χ0v) is 18.2. The van der Waals surface area contributed by atoms with Crippen LogP contribution in [0.15, 0.2) is 54.6 Å². The Hall–Kier alpha value is -3.15. The van der Waals surface area contributed by atoms with Gasteiger partial charge < -0.3 is 15.2 Å². The van der Waals surface area contributed by atoms with E-state index >= 15 is 0 Å². The first kappa shape index (κ1) is 24.1. The molecule has 1 amide bonds. The number of ether oxygens (including phenoxy) is 1. The van der Waals surface area contributed by atoms with Crippen molar-refractivity contribution in [2.45, 2.75) is 52.0 Å². The van der Waals surface area contributed by atoms with Gasteiger partial charge in [-0.1, -0.05) is 61.5 Å². The molecule has 0 spiro atoms. The van der Waals surface area contributed by atoms with Gasteiger partial charge in [0.05, 0.1) is 18.9 Å². The summed E-state index contributed by atoms with van der Waals surface area (Å²) in [6, 6.07) is 18.2.